The zero-order chi connectivity index (χ0) is 31.4. The maximum Gasteiger partial charge on any atom is 0.164 e. The summed E-state index contributed by atoms with van der Waals surface area (Å²) in [5.74, 6) is 2.01. The van der Waals surface area contributed by atoms with Gasteiger partial charge in [-0.3, -0.25) is 0 Å². The summed E-state index contributed by atoms with van der Waals surface area (Å²) in [7, 11) is 0. The molecular weight excluding hydrogens is 571 g/mol. The number of hydrogen-bond acceptors (Lipinski definition) is 3. The standard InChI is InChI=1S/C44H31N3/c1-2-44(36-21-13-6-14-22-36)37-27-34(29-15-7-3-8-16-29)25-32-23-24-33-26-35(28-38(44)40(33)39(32)37)43-46-41(30-17-9-4-10-18-30)45-42(47-43)31-19-11-5-12-20-31/h3-28H,2H2,1H3. The molecule has 0 fully saturated rings. The van der Waals surface area contributed by atoms with E-state index >= 15 is 0 Å². The Labute approximate surface area is 274 Å². The lowest BCUT2D eigenvalue weighted by Gasteiger charge is -2.33. The minimum absolute atomic E-state index is 0.334. The van der Waals surface area contributed by atoms with Crippen LogP contribution in [0.5, 0.6) is 0 Å². The molecule has 222 valence electrons. The van der Waals surface area contributed by atoms with Gasteiger partial charge >= 0.3 is 0 Å². The molecule has 1 atom stereocenters. The van der Waals surface area contributed by atoms with E-state index in [2.05, 4.69) is 128 Å². The summed E-state index contributed by atoms with van der Waals surface area (Å²) in [6, 6.07) is 56.1. The Morgan fingerprint density at radius 3 is 1.30 bits per heavy atom. The Kier molecular flexibility index (Phi) is 6.32. The molecule has 1 aliphatic rings. The van der Waals surface area contributed by atoms with Crippen molar-refractivity contribution in [1.29, 1.82) is 0 Å². The normalized spacial score (nSPS) is 15.1. The van der Waals surface area contributed by atoms with Crippen molar-refractivity contribution in [2.75, 3.05) is 0 Å². The van der Waals surface area contributed by atoms with Crippen molar-refractivity contribution < 1.29 is 0 Å². The van der Waals surface area contributed by atoms with E-state index in [1.165, 1.54) is 49.4 Å². The van der Waals surface area contributed by atoms with Crippen molar-refractivity contribution in [3.05, 3.63) is 174 Å². The van der Waals surface area contributed by atoms with E-state index in [0.29, 0.717) is 17.5 Å². The van der Waals surface area contributed by atoms with Gasteiger partial charge in [0.1, 0.15) is 0 Å². The van der Waals surface area contributed by atoms with Crippen molar-refractivity contribution in [1.82, 2.24) is 15.0 Å². The summed E-state index contributed by atoms with van der Waals surface area (Å²) in [6.45, 7) is 2.32. The molecule has 0 bridgehead atoms. The topological polar surface area (TPSA) is 38.7 Å². The van der Waals surface area contributed by atoms with Crippen LogP contribution in [0.25, 0.3) is 66.8 Å². The first-order valence-electron chi connectivity index (χ1n) is 16.3. The SMILES string of the molecule is CCC1(c2ccccc2)c2cc(-c3ccccc3)cc3ccc4cc(-c5nc(-c6ccccc6)nc(-c6ccccc6)n5)cc1c4c23. The molecule has 3 nitrogen and oxygen atoms in total. The van der Waals surface area contributed by atoms with Gasteiger partial charge in [-0.2, -0.15) is 0 Å². The highest BCUT2D eigenvalue weighted by molar-refractivity contribution is 6.17. The predicted molar refractivity (Wildman–Crippen MR) is 193 cm³/mol. The monoisotopic (exact) mass is 601 g/mol. The molecule has 0 radical (unpaired) electrons. The minimum atomic E-state index is -0.334. The smallest absolute Gasteiger partial charge is 0.164 e. The van der Waals surface area contributed by atoms with E-state index in [1.54, 1.807) is 0 Å². The van der Waals surface area contributed by atoms with Gasteiger partial charge in [-0.05, 0) is 80.0 Å². The fourth-order valence-electron chi connectivity index (χ4n) is 7.63. The van der Waals surface area contributed by atoms with Crippen LogP contribution in [0.4, 0.5) is 0 Å². The van der Waals surface area contributed by atoms with Gasteiger partial charge in [-0.25, -0.2) is 15.0 Å². The van der Waals surface area contributed by atoms with Gasteiger partial charge in [0.25, 0.3) is 0 Å². The van der Waals surface area contributed by atoms with Gasteiger partial charge in [0.2, 0.25) is 0 Å². The number of rotatable bonds is 6. The van der Waals surface area contributed by atoms with Crippen LogP contribution >= 0.6 is 0 Å². The molecule has 1 aliphatic carbocycles. The molecule has 0 spiro atoms. The summed E-state index contributed by atoms with van der Waals surface area (Å²) in [5.41, 5.74) is 9.04. The van der Waals surface area contributed by atoms with Gasteiger partial charge < -0.3 is 0 Å². The van der Waals surface area contributed by atoms with Crippen LogP contribution in [0.2, 0.25) is 0 Å². The van der Waals surface area contributed by atoms with Crippen LogP contribution in [-0.2, 0) is 5.41 Å². The van der Waals surface area contributed by atoms with E-state index in [9.17, 15) is 0 Å². The van der Waals surface area contributed by atoms with Crippen molar-refractivity contribution >= 4 is 21.5 Å². The highest BCUT2D eigenvalue weighted by Gasteiger charge is 2.42. The van der Waals surface area contributed by atoms with Crippen LogP contribution in [0, 0.1) is 0 Å². The van der Waals surface area contributed by atoms with Crippen LogP contribution < -0.4 is 0 Å². The van der Waals surface area contributed by atoms with E-state index in [1.807, 2.05) is 36.4 Å². The van der Waals surface area contributed by atoms with Crippen LogP contribution in [-0.4, -0.2) is 15.0 Å². The maximum absolute atomic E-state index is 5.12. The molecule has 47 heavy (non-hydrogen) atoms. The fraction of sp³-hybridized carbons (Fsp3) is 0.0682. The van der Waals surface area contributed by atoms with E-state index in [0.717, 1.165) is 23.1 Å². The average Bonchev–Trinajstić information content (AvgIpc) is 3.45. The largest absolute Gasteiger partial charge is 0.208 e. The second-order valence-corrected chi connectivity index (χ2v) is 12.3. The van der Waals surface area contributed by atoms with Crippen molar-refractivity contribution in [3.8, 4) is 45.3 Å². The second kappa shape index (κ2) is 10.9. The summed E-state index contributed by atoms with van der Waals surface area (Å²) in [4.78, 5) is 15.2. The van der Waals surface area contributed by atoms with E-state index < -0.39 is 0 Å². The second-order valence-electron chi connectivity index (χ2n) is 12.3. The lowest BCUT2D eigenvalue weighted by molar-refractivity contribution is 0.611. The molecule has 0 amide bonds. The molecule has 8 aromatic rings. The Hall–Kier alpha value is -5.93. The molecule has 7 aromatic carbocycles. The molecule has 9 rings (SSSR count). The Morgan fingerprint density at radius 2 is 0.809 bits per heavy atom. The molecule has 1 aromatic heterocycles. The highest BCUT2D eigenvalue weighted by Crippen LogP contribution is 2.55. The first-order valence-corrected chi connectivity index (χ1v) is 16.3. The zero-order valence-electron chi connectivity index (χ0n) is 26.1. The zero-order valence-corrected chi connectivity index (χ0v) is 26.1. The number of aromatic nitrogens is 3. The van der Waals surface area contributed by atoms with E-state index in [-0.39, 0.29) is 5.41 Å². The van der Waals surface area contributed by atoms with Gasteiger partial charge in [0.15, 0.2) is 17.5 Å². The number of benzene rings is 7. The first-order chi connectivity index (χ1) is 23.2. The molecule has 3 heteroatoms. The number of hydrogen-bond donors (Lipinski definition) is 0. The van der Waals surface area contributed by atoms with Gasteiger partial charge in [-0.15, -0.1) is 0 Å². The Morgan fingerprint density at radius 1 is 0.404 bits per heavy atom. The van der Waals surface area contributed by atoms with Crippen molar-refractivity contribution in [3.63, 3.8) is 0 Å². The maximum atomic E-state index is 5.12. The summed E-state index contributed by atoms with van der Waals surface area (Å²) in [5, 5.41) is 5.15. The molecule has 0 saturated heterocycles. The van der Waals surface area contributed by atoms with Gasteiger partial charge in [-0.1, -0.05) is 140 Å². The molecule has 0 N–H and O–H groups in total. The van der Waals surface area contributed by atoms with Crippen LogP contribution in [0.1, 0.15) is 30.0 Å². The minimum Gasteiger partial charge on any atom is -0.208 e. The Bertz CT molecular complexity index is 2360. The lowest BCUT2D eigenvalue weighted by atomic mass is 9.69. The predicted octanol–water partition coefficient (Wildman–Crippen LogP) is 10.9. The summed E-state index contributed by atoms with van der Waals surface area (Å²) >= 11 is 0. The summed E-state index contributed by atoms with van der Waals surface area (Å²) in [6.07, 6.45) is 0.916. The first kappa shape index (κ1) is 27.4. The lowest BCUT2D eigenvalue weighted by Crippen LogP contribution is -2.26. The molecule has 0 aliphatic heterocycles. The van der Waals surface area contributed by atoms with Crippen LogP contribution in [0.3, 0.4) is 0 Å². The van der Waals surface area contributed by atoms with Crippen LogP contribution in [0.15, 0.2) is 158 Å². The van der Waals surface area contributed by atoms with E-state index in [4.69, 9.17) is 15.0 Å². The van der Waals surface area contributed by atoms with Gasteiger partial charge in [0, 0.05) is 22.1 Å². The molecular formula is C44H31N3. The number of nitrogens with zero attached hydrogens (tertiary/aromatic N) is 3. The quantitative estimate of drug-likeness (QED) is 0.178. The molecule has 1 heterocycles. The third-order valence-corrected chi connectivity index (χ3v) is 9.81. The van der Waals surface area contributed by atoms with Crippen molar-refractivity contribution in [2.24, 2.45) is 0 Å². The Balaban J connectivity index is 1.33. The molecule has 1 unspecified atom stereocenters. The third kappa shape index (κ3) is 4.31. The third-order valence-electron chi connectivity index (χ3n) is 9.81. The van der Waals surface area contributed by atoms with Gasteiger partial charge in [0.05, 0.1) is 0 Å². The fourth-order valence-corrected chi connectivity index (χ4v) is 7.63. The highest BCUT2D eigenvalue weighted by atomic mass is 15.0. The van der Waals surface area contributed by atoms with Crippen molar-refractivity contribution in [2.45, 2.75) is 18.8 Å². The average molecular weight is 602 g/mol. The summed E-state index contributed by atoms with van der Waals surface area (Å²) < 4.78 is 0. The molecule has 0 saturated carbocycles.